The molecule has 154 valence electrons. The minimum Gasteiger partial charge on any atom is -0.497 e. The van der Waals surface area contributed by atoms with E-state index in [1.54, 1.807) is 18.4 Å². The number of carbonyl (C=O) groups excluding carboxylic acids is 1. The highest BCUT2D eigenvalue weighted by Crippen LogP contribution is 2.29. The van der Waals surface area contributed by atoms with E-state index in [-0.39, 0.29) is 11.8 Å². The largest absolute Gasteiger partial charge is 0.497 e. The van der Waals surface area contributed by atoms with Crippen LogP contribution in [-0.4, -0.2) is 36.1 Å². The van der Waals surface area contributed by atoms with Crippen molar-refractivity contribution in [2.45, 2.75) is 39.2 Å². The number of amides is 1. The van der Waals surface area contributed by atoms with Gasteiger partial charge in [0.05, 0.1) is 19.3 Å². The molecule has 0 aliphatic carbocycles. The van der Waals surface area contributed by atoms with Crippen molar-refractivity contribution in [3.05, 3.63) is 34.3 Å². The van der Waals surface area contributed by atoms with Crippen LogP contribution < -0.4 is 15.0 Å². The maximum Gasteiger partial charge on any atom is 0.298 e. The normalized spacial score (nSPS) is 16.9. The number of nitrogens with zero attached hydrogens (tertiary/aromatic N) is 3. The molecule has 2 aromatic heterocycles. The van der Waals surface area contributed by atoms with Gasteiger partial charge in [0.1, 0.15) is 16.3 Å². The molecule has 1 aromatic carbocycles. The lowest BCUT2D eigenvalue weighted by Gasteiger charge is -2.31. The van der Waals surface area contributed by atoms with Crippen molar-refractivity contribution in [2.75, 3.05) is 25.1 Å². The standard InChI is InChI=1S/C21H26N4O3S/c1-3-15-13-29-20(23-15)11-22-19(26)9-14-5-4-8-25(12-14)21-24-17-10-16(27-2)6-7-18(17)28-21/h6-7,10,13-14H,3-5,8-9,11-12H2,1-2H3,(H,22,26). The number of thiazole rings is 1. The molecule has 1 unspecified atom stereocenters. The average Bonchev–Trinajstić information content (AvgIpc) is 3.38. The predicted molar refractivity (Wildman–Crippen MR) is 113 cm³/mol. The molecule has 1 atom stereocenters. The number of hydrogen-bond acceptors (Lipinski definition) is 7. The number of ether oxygens (including phenoxy) is 1. The molecule has 1 aliphatic heterocycles. The van der Waals surface area contributed by atoms with Crippen molar-refractivity contribution in [2.24, 2.45) is 5.92 Å². The van der Waals surface area contributed by atoms with Gasteiger partial charge in [-0.15, -0.1) is 11.3 Å². The van der Waals surface area contributed by atoms with Gasteiger partial charge in [-0.1, -0.05) is 6.92 Å². The van der Waals surface area contributed by atoms with E-state index < -0.39 is 0 Å². The van der Waals surface area contributed by atoms with Crippen molar-refractivity contribution < 1.29 is 13.9 Å². The third kappa shape index (κ3) is 4.70. The quantitative estimate of drug-likeness (QED) is 0.634. The molecule has 1 N–H and O–H groups in total. The van der Waals surface area contributed by atoms with Gasteiger partial charge in [0.25, 0.3) is 6.01 Å². The molecule has 0 saturated carbocycles. The van der Waals surface area contributed by atoms with Gasteiger partial charge >= 0.3 is 0 Å². The molecule has 29 heavy (non-hydrogen) atoms. The third-order valence-electron chi connectivity index (χ3n) is 5.25. The Hall–Kier alpha value is -2.61. The Bertz CT molecular complexity index is 983. The van der Waals surface area contributed by atoms with Gasteiger partial charge in [0.15, 0.2) is 5.58 Å². The number of methoxy groups -OCH3 is 1. The Labute approximate surface area is 174 Å². The molecular formula is C21H26N4O3S. The van der Waals surface area contributed by atoms with Gasteiger partial charge in [-0.2, -0.15) is 4.98 Å². The smallest absolute Gasteiger partial charge is 0.298 e. The second-order valence-electron chi connectivity index (χ2n) is 7.35. The number of anilines is 1. The second kappa shape index (κ2) is 8.82. The minimum atomic E-state index is 0.0763. The number of fused-ring (bicyclic) bond motifs is 1. The van der Waals surface area contributed by atoms with E-state index in [1.807, 2.05) is 18.2 Å². The second-order valence-corrected chi connectivity index (χ2v) is 8.29. The van der Waals surface area contributed by atoms with E-state index in [0.717, 1.165) is 59.9 Å². The molecule has 1 amide bonds. The Kier molecular flexibility index (Phi) is 5.99. The summed E-state index contributed by atoms with van der Waals surface area (Å²) >= 11 is 1.60. The van der Waals surface area contributed by atoms with Crippen LogP contribution in [0.15, 0.2) is 28.0 Å². The summed E-state index contributed by atoms with van der Waals surface area (Å²) in [6.45, 7) is 4.25. The van der Waals surface area contributed by atoms with Crippen LogP contribution in [0, 0.1) is 5.92 Å². The molecule has 3 aromatic rings. The van der Waals surface area contributed by atoms with Crippen molar-refractivity contribution in [1.82, 2.24) is 15.3 Å². The molecule has 8 heteroatoms. The zero-order valence-electron chi connectivity index (χ0n) is 16.8. The molecule has 0 radical (unpaired) electrons. The topological polar surface area (TPSA) is 80.5 Å². The van der Waals surface area contributed by atoms with Gasteiger partial charge in [-0.25, -0.2) is 4.98 Å². The van der Waals surface area contributed by atoms with Gasteiger partial charge in [0, 0.05) is 31.0 Å². The summed E-state index contributed by atoms with van der Waals surface area (Å²) in [5, 5.41) is 6.02. The van der Waals surface area contributed by atoms with E-state index in [2.05, 4.69) is 32.5 Å². The number of nitrogens with one attached hydrogen (secondary N) is 1. The number of aryl methyl sites for hydroxylation is 1. The van der Waals surface area contributed by atoms with Crippen LogP contribution in [0.25, 0.3) is 11.1 Å². The van der Waals surface area contributed by atoms with E-state index in [1.165, 1.54) is 0 Å². The lowest BCUT2D eigenvalue weighted by molar-refractivity contribution is -0.122. The fourth-order valence-electron chi connectivity index (χ4n) is 3.66. The van der Waals surface area contributed by atoms with Crippen molar-refractivity contribution in [3.8, 4) is 5.75 Å². The summed E-state index contributed by atoms with van der Waals surface area (Å²) in [4.78, 5) is 23.7. The van der Waals surface area contributed by atoms with Crippen LogP contribution in [-0.2, 0) is 17.8 Å². The monoisotopic (exact) mass is 414 g/mol. The Morgan fingerprint density at radius 2 is 2.31 bits per heavy atom. The summed E-state index contributed by atoms with van der Waals surface area (Å²) in [5.74, 6) is 1.13. The Morgan fingerprint density at radius 1 is 1.41 bits per heavy atom. The van der Waals surface area contributed by atoms with E-state index in [9.17, 15) is 4.79 Å². The molecule has 0 spiro atoms. The van der Waals surface area contributed by atoms with Crippen LogP contribution in [0.4, 0.5) is 6.01 Å². The lowest BCUT2D eigenvalue weighted by atomic mass is 9.95. The molecule has 1 saturated heterocycles. The molecule has 0 bridgehead atoms. The molecule has 1 fully saturated rings. The summed E-state index contributed by atoms with van der Waals surface area (Å²) in [6, 6.07) is 6.24. The SMILES string of the molecule is CCc1csc(CNC(=O)CC2CCCN(c3nc4cc(OC)ccc4o3)C2)n1. The Balaban J connectivity index is 1.33. The first-order chi connectivity index (χ1) is 14.1. The first-order valence-corrected chi connectivity index (χ1v) is 10.9. The van der Waals surface area contributed by atoms with Crippen molar-refractivity contribution in [1.29, 1.82) is 0 Å². The Morgan fingerprint density at radius 3 is 3.10 bits per heavy atom. The first-order valence-electron chi connectivity index (χ1n) is 10.0. The van der Waals surface area contributed by atoms with Gasteiger partial charge in [0.2, 0.25) is 5.91 Å². The minimum absolute atomic E-state index is 0.0763. The predicted octanol–water partition coefficient (Wildman–Crippen LogP) is 3.78. The fourth-order valence-corrected chi connectivity index (χ4v) is 4.48. The van der Waals surface area contributed by atoms with Gasteiger partial charge < -0.3 is 19.4 Å². The zero-order chi connectivity index (χ0) is 20.2. The highest BCUT2D eigenvalue weighted by Gasteiger charge is 2.25. The molecular weight excluding hydrogens is 388 g/mol. The molecule has 1 aliphatic rings. The third-order valence-corrected chi connectivity index (χ3v) is 6.14. The van der Waals surface area contributed by atoms with E-state index in [0.29, 0.717) is 19.0 Å². The number of piperidine rings is 1. The van der Waals surface area contributed by atoms with Crippen LogP contribution in [0.5, 0.6) is 5.75 Å². The number of aromatic nitrogens is 2. The van der Waals surface area contributed by atoms with Crippen LogP contribution in [0.2, 0.25) is 0 Å². The fraction of sp³-hybridized carbons (Fsp3) is 0.476. The van der Waals surface area contributed by atoms with Crippen LogP contribution >= 0.6 is 11.3 Å². The highest BCUT2D eigenvalue weighted by molar-refractivity contribution is 7.09. The van der Waals surface area contributed by atoms with Crippen LogP contribution in [0.1, 0.15) is 36.9 Å². The van der Waals surface area contributed by atoms with Crippen molar-refractivity contribution >= 4 is 34.4 Å². The maximum absolute atomic E-state index is 12.4. The summed E-state index contributed by atoms with van der Waals surface area (Å²) in [6.07, 6.45) is 3.49. The molecule has 7 nitrogen and oxygen atoms in total. The lowest BCUT2D eigenvalue weighted by Crippen LogP contribution is -2.38. The number of rotatable bonds is 7. The van der Waals surface area contributed by atoms with Gasteiger partial charge in [-0.3, -0.25) is 4.79 Å². The number of carbonyl (C=O) groups is 1. The average molecular weight is 415 g/mol. The maximum atomic E-state index is 12.4. The molecule has 3 heterocycles. The zero-order valence-corrected chi connectivity index (χ0v) is 17.6. The number of benzene rings is 1. The number of oxazole rings is 1. The van der Waals surface area contributed by atoms with E-state index in [4.69, 9.17) is 9.15 Å². The van der Waals surface area contributed by atoms with Crippen LogP contribution in [0.3, 0.4) is 0 Å². The van der Waals surface area contributed by atoms with E-state index >= 15 is 0 Å². The highest BCUT2D eigenvalue weighted by atomic mass is 32.1. The summed E-state index contributed by atoms with van der Waals surface area (Å²) in [7, 11) is 1.64. The summed E-state index contributed by atoms with van der Waals surface area (Å²) < 4.78 is 11.2. The van der Waals surface area contributed by atoms with Gasteiger partial charge in [-0.05, 0) is 37.3 Å². The molecule has 4 rings (SSSR count). The van der Waals surface area contributed by atoms with Crippen molar-refractivity contribution in [3.63, 3.8) is 0 Å². The first kappa shape index (κ1) is 19.7. The summed E-state index contributed by atoms with van der Waals surface area (Å²) in [5.41, 5.74) is 2.61. The number of hydrogen-bond donors (Lipinski definition) is 1.